The van der Waals surface area contributed by atoms with Gasteiger partial charge in [0.15, 0.2) is 5.76 Å². The number of amides is 1. The van der Waals surface area contributed by atoms with Crippen LogP contribution in [0.5, 0.6) is 0 Å². The number of aliphatic hydroxyl groups is 1. The fourth-order valence-electron chi connectivity index (χ4n) is 10.1. The molecule has 1 spiro atoms. The molecule has 6 aliphatic carbocycles. The van der Waals surface area contributed by atoms with Gasteiger partial charge in [-0.05, 0) is 130 Å². The van der Waals surface area contributed by atoms with Crippen LogP contribution in [0.4, 0.5) is 4.79 Å². The van der Waals surface area contributed by atoms with Crippen molar-refractivity contribution in [2.75, 3.05) is 13.1 Å². The summed E-state index contributed by atoms with van der Waals surface area (Å²) in [6.45, 7) is 10.7. The Balaban J connectivity index is 1.25. The molecule has 9 rings (SSSR count). The molecule has 0 radical (unpaired) electrons. The Bertz CT molecular complexity index is 1460. The summed E-state index contributed by atoms with van der Waals surface area (Å²) in [6, 6.07) is 9.65. The zero-order valence-electron chi connectivity index (χ0n) is 26.9. The van der Waals surface area contributed by atoms with Crippen molar-refractivity contribution in [3.05, 3.63) is 70.7 Å². The maximum atomic E-state index is 13.9. The predicted molar refractivity (Wildman–Crippen MR) is 169 cm³/mol. The SMILES string of the molecule is CC1=CCCC2(C)C(CCC23CN(CC2CCC4CC2C4(C)C)C(=O)O3)c2ccc(cc2C(=O)c2ccco2)CC(O)CC1. The Kier molecular flexibility index (Phi) is 7.38. The maximum Gasteiger partial charge on any atom is 0.410 e. The van der Waals surface area contributed by atoms with Crippen LogP contribution in [0.25, 0.3) is 0 Å². The number of aliphatic hydroxyl groups excluding tert-OH is 1. The normalized spacial score (nSPS) is 36.4. The lowest BCUT2D eigenvalue weighted by molar-refractivity contribution is -0.109. The number of rotatable bonds is 4. The summed E-state index contributed by atoms with van der Waals surface area (Å²) in [4.78, 5) is 29.7. The minimum absolute atomic E-state index is 0.0424. The van der Waals surface area contributed by atoms with Gasteiger partial charge in [-0.25, -0.2) is 4.79 Å². The molecule has 1 saturated heterocycles. The van der Waals surface area contributed by atoms with E-state index in [1.807, 2.05) is 11.0 Å². The van der Waals surface area contributed by atoms with Gasteiger partial charge in [-0.3, -0.25) is 4.79 Å². The number of ketones is 1. The van der Waals surface area contributed by atoms with E-state index >= 15 is 0 Å². The Morgan fingerprint density at radius 3 is 2.68 bits per heavy atom. The summed E-state index contributed by atoms with van der Waals surface area (Å²) >= 11 is 0. The van der Waals surface area contributed by atoms with Crippen molar-refractivity contribution >= 4 is 11.9 Å². The van der Waals surface area contributed by atoms with Gasteiger partial charge in [-0.15, -0.1) is 0 Å². The topological polar surface area (TPSA) is 80.0 Å². The van der Waals surface area contributed by atoms with Crippen LogP contribution in [0, 0.1) is 28.6 Å². The average Bonchev–Trinajstić information content (AvgIpc) is 3.71. The smallest absolute Gasteiger partial charge is 0.410 e. The van der Waals surface area contributed by atoms with Gasteiger partial charge in [0.1, 0.15) is 5.60 Å². The number of benzene rings is 1. The molecule has 6 nitrogen and oxygen atoms in total. The highest BCUT2D eigenvalue weighted by atomic mass is 16.6. The third-order valence-corrected chi connectivity index (χ3v) is 13.1. The second-order valence-electron chi connectivity index (χ2n) is 15.7. The van der Waals surface area contributed by atoms with E-state index in [1.54, 1.807) is 18.4 Å². The van der Waals surface area contributed by atoms with Gasteiger partial charge in [0, 0.05) is 17.5 Å². The monoisotopic (exact) mass is 599 g/mol. The lowest BCUT2D eigenvalue weighted by atomic mass is 9.45. The average molecular weight is 600 g/mol. The van der Waals surface area contributed by atoms with Crippen molar-refractivity contribution in [3.8, 4) is 0 Å². The molecule has 4 bridgehead atoms. The minimum atomic E-state index is -0.597. The van der Waals surface area contributed by atoms with Crippen LogP contribution >= 0.6 is 0 Å². The fourth-order valence-corrected chi connectivity index (χ4v) is 10.1. The number of allylic oxidation sites excluding steroid dienone is 2. The number of hydrogen-bond donors (Lipinski definition) is 1. The highest BCUT2D eigenvalue weighted by Gasteiger charge is 2.64. The van der Waals surface area contributed by atoms with Crippen molar-refractivity contribution in [1.29, 1.82) is 0 Å². The number of ether oxygens (including phenoxy) is 1. The lowest BCUT2D eigenvalue weighted by Crippen LogP contribution is -2.55. The lowest BCUT2D eigenvalue weighted by Gasteiger charge is -2.60. The van der Waals surface area contributed by atoms with Gasteiger partial charge in [0.2, 0.25) is 5.78 Å². The van der Waals surface area contributed by atoms with Crippen molar-refractivity contribution in [1.82, 2.24) is 4.90 Å². The molecule has 7 aliphatic rings. The quantitative estimate of drug-likeness (QED) is 0.284. The summed E-state index contributed by atoms with van der Waals surface area (Å²) < 4.78 is 12.2. The molecule has 1 N–H and O–H groups in total. The molecule has 1 aliphatic heterocycles. The van der Waals surface area contributed by atoms with Crippen molar-refractivity contribution in [3.63, 3.8) is 0 Å². The molecular weight excluding hydrogens is 550 g/mol. The van der Waals surface area contributed by atoms with Gasteiger partial charge in [0.05, 0.1) is 18.9 Å². The van der Waals surface area contributed by atoms with Crippen LogP contribution < -0.4 is 0 Å². The Labute approximate surface area is 262 Å². The van der Waals surface area contributed by atoms with E-state index in [9.17, 15) is 14.7 Å². The van der Waals surface area contributed by atoms with E-state index in [2.05, 4.69) is 45.9 Å². The molecule has 7 atom stereocenters. The number of hydrogen-bond acceptors (Lipinski definition) is 5. The Morgan fingerprint density at radius 2 is 1.93 bits per heavy atom. The molecule has 6 heteroatoms. The molecular formula is C38H49NO5. The summed E-state index contributed by atoms with van der Waals surface area (Å²) in [5.41, 5.74) is 3.32. The van der Waals surface area contributed by atoms with Crippen LogP contribution in [0.15, 0.2) is 52.7 Å². The van der Waals surface area contributed by atoms with E-state index in [0.717, 1.165) is 55.7 Å². The van der Waals surface area contributed by atoms with E-state index < -0.39 is 11.7 Å². The summed E-state index contributed by atoms with van der Waals surface area (Å²) in [5, 5.41) is 10.8. The largest absolute Gasteiger partial charge is 0.461 e. The van der Waals surface area contributed by atoms with Gasteiger partial charge in [-0.2, -0.15) is 0 Å². The third kappa shape index (κ3) is 4.78. The standard InChI is InChI=1S/C38H49NO5/c1-24-7-5-16-37(4)31(29-14-10-25(19-28(40)13-9-24)20-30(29)34(41)33-8-6-18-43-33)15-17-38(37)23-39(35(42)44-38)22-26-11-12-27-21-32(26)36(27,2)3/h6-8,10,14,18,20,26-28,31-32,40H,5,9,11-13,15-17,19,21-23H2,1-4H3. The van der Waals surface area contributed by atoms with E-state index in [1.165, 1.54) is 24.8 Å². The van der Waals surface area contributed by atoms with E-state index in [-0.39, 0.29) is 23.2 Å². The number of fused-ring (bicyclic) bond motifs is 10. The first-order valence-electron chi connectivity index (χ1n) is 17.0. The van der Waals surface area contributed by atoms with Crippen molar-refractivity contribution < 1.29 is 23.8 Å². The van der Waals surface area contributed by atoms with Crippen LogP contribution in [0.1, 0.15) is 119 Å². The zero-order valence-corrected chi connectivity index (χ0v) is 26.9. The summed E-state index contributed by atoms with van der Waals surface area (Å²) in [6.07, 6.45) is 12.4. The zero-order chi connectivity index (χ0) is 30.9. The Morgan fingerprint density at radius 1 is 1.09 bits per heavy atom. The number of carbonyl (C=O) groups excluding carboxylic acids is 2. The molecule has 44 heavy (non-hydrogen) atoms. The Hall–Kier alpha value is -2.86. The first-order valence-corrected chi connectivity index (χ1v) is 17.0. The van der Waals surface area contributed by atoms with Gasteiger partial charge < -0.3 is 19.2 Å². The van der Waals surface area contributed by atoms with Crippen LogP contribution in [0.2, 0.25) is 0 Å². The molecule has 1 aromatic carbocycles. The van der Waals surface area contributed by atoms with Crippen molar-refractivity contribution in [2.45, 2.75) is 110 Å². The van der Waals surface area contributed by atoms with Gasteiger partial charge in [0.25, 0.3) is 0 Å². The maximum absolute atomic E-state index is 13.9. The second-order valence-corrected chi connectivity index (χ2v) is 15.7. The van der Waals surface area contributed by atoms with Crippen molar-refractivity contribution in [2.24, 2.45) is 28.6 Å². The first kappa shape index (κ1) is 29.8. The molecule has 2 heterocycles. The highest BCUT2D eigenvalue weighted by molar-refractivity contribution is 6.08. The first-order chi connectivity index (χ1) is 21.0. The predicted octanol–water partition coefficient (Wildman–Crippen LogP) is 8.08. The number of nitrogens with zero attached hydrogens (tertiary/aromatic N) is 1. The van der Waals surface area contributed by atoms with E-state index in [0.29, 0.717) is 48.0 Å². The number of carbonyl (C=O) groups is 2. The third-order valence-electron chi connectivity index (χ3n) is 13.1. The van der Waals surface area contributed by atoms with E-state index in [4.69, 9.17) is 9.15 Å². The molecule has 2 aromatic rings. The van der Waals surface area contributed by atoms with Crippen LogP contribution in [0.3, 0.4) is 0 Å². The minimum Gasteiger partial charge on any atom is -0.461 e. The van der Waals surface area contributed by atoms with Gasteiger partial charge >= 0.3 is 6.09 Å². The summed E-state index contributed by atoms with van der Waals surface area (Å²) in [7, 11) is 0. The molecule has 236 valence electrons. The molecule has 1 amide bonds. The number of furan rings is 1. The highest BCUT2D eigenvalue weighted by Crippen LogP contribution is 2.64. The molecule has 5 fully saturated rings. The molecule has 4 saturated carbocycles. The van der Waals surface area contributed by atoms with Crippen LogP contribution in [-0.2, 0) is 11.2 Å². The van der Waals surface area contributed by atoms with Gasteiger partial charge in [-0.1, -0.05) is 44.6 Å². The fraction of sp³-hybridized carbons (Fsp3) is 0.632. The molecule has 7 unspecified atom stereocenters. The summed E-state index contributed by atoms with van der Waals surface area (Å²) in [5.74, 6) is 2.30. The second kappa shape index (κ2) is 10.9. The van der Waals surface area contributed by atoms with Crippen LogP contribution in [-0.4, -0.2) is 46.7 Å². The molecule has 1 aromatic heterocycles.